The number of hydrogen-bond acceptors (Lipinski definition) is 2. The molecular weight excluding hydrogens is 142 g/mol. The maximum absolute atomic E-state index is 10.5. The highest BCUT2D eigenvalue weighted by atomic mass is 16.2. The molecule has 0 radical (unpaired) electrons. The maximum atomic E-state index is 10.5. The van der Waals surface area contributed by atoms with Gasteiger partial charge in [0.15, 0.2) is 0 Å². The van der Waals surface area contributed by atoms with E-state index in [4.69, 9.17) is 5.73 Å². The van der Waals surface area contributed by atoms with E-state index in [0.29, 0.717) is 6.04 Å². The number of urea groups is 1. The molecule has 0 bridgehead atoms. The van der Waals surface area contributed by atoms with E-state index < -0.39 is 6.03 Å². The van der Waals surface area contributed by atoms with Crippen LogP contribution in [0.4, 0.5) is 4.79 Å². The molecule has 1 aliphatic heterocycles. The average molecular weight is 157 g/mol. The summed E-state index contributed by atoms with van der Waals surface area (Å²) in [4.78, 5) is 10.5. The smallest absolute Gasteiger partial charge is 0.312 e. The number of carbonyl (C=O) groups is 1. The summed E-state index contributed by atoms with van der Waals surface area (Å²) in [6.07, 6.45) is 1.95. The highest BCUT2D eigenvalue weighted by Crippen LogP contribution is 2.07. The van der Waals surface area contributed by atoms with Crippen LogP contribution in [0, 0.1) is 0 Å². The van der Waals surface area contributed by atoms with Gasteiger partial charge in [-0.3, -0.25) is 0 Å². The summed E-state index contributed by atoms with van der Waals surface area (Å²) in [5, 5.41) is 6.00. The standard InChI is InChI=1S/C7H15N3O/c1-5-4-6(2-3-9-5)10-7(8)11/h5-6,9H,2-4H2,1H3,(H3,8,10,11)/t5-,6-/m1/s1. The molecule has 0 saturated carbocycles. The Kier molecular flexibility index (Phi) is 2.70. The van der Waals surface area contributed by atoms with Crippen molar-refractivity contribution >= 4 is 6.03 Å². The van der Waals surface area contributed by atoms with Gasteiger partial charge in [0.25, 0.3) is 0 Å². The molecular formula is C7H15N3O. The van der Waals surface area contributed by atoms with Crippen molar-refractivity contribution in [1.82, 2.24) is 10.6 Å². The Labute approximate surface area is 66.5 Å². The lowest BCUT2D eigenvalue weighted by molar-refractivity contribution is 0.239. The van der Waals surface area contributed by atoms with Gasteiger partial charge in [0.1, 0.15) is 0 Å². The Hall–Kier alpha value is -0.770. The van der Waals surface area contributed by atoms with Crippen LogP contribution < -0.4 is 16.4 Å². The maximum Gasteiger partial charge on any atom is 0.312 e. The molecule has 11 heavy (non-hydrogen) atoms. The van der Waals surface area contributed by atoms with Crippen LogP contribution in [0.25, 0.3) is 0 Å². The number of primary amides is 1. The van der Waals surface area contributed by atoms with Gasteiger partial charge in [-0.25, -0.2) is 4.79 Å². The van der Waals surface area contributed by atoms with E-state index in [0.717, 1.165) is 19.4 Å². The topological polar surface area (TPSA) is 67.1 Å². The Morgan fingerprint density at radius 2 is 2.45 bits per heavy atom. The molecule has 1 saturated heterocycles. The zero-order chi connectivity index (χ0) is 8.27. The highest BCUT2D eigenvalue weighted by molar-refractivity contribution is 5.71. The first-order valence-electron chi connectivity index (χ1n) is 3.98. The van der Waals surface area contributed by atoms with E-state index in [-0.39, 0.29) is 6.04 Å². The second-order valence-electron chi connectivity index (χ2n) is 3.09. The van der Waals surface area contributed by atoms with Crippen LogP contribution in [-0.4, -0.2) is 24.7 Å². The van der Waals surface area contributed by atoms with E-state index in [1.54, 1.807) is 0 Å². The molecule has 4 N–H and O–H groups in total. The summed E-state index contributed by atoms with van der Waals surface area (Å²) in [5.41, 5.74) is 5.00. The van der Waals surface area contributed by atoms with Crippen LogP contribution in [0.3, 0.4) is 0 Å². The van der Waals surface area contributed by atoms with Crippen molar-refractivity contribution < 1.29 is 4.79 Å². The fourth-order valence-electron chi connectivity index (χ4n) is 1.46. The van der Waals surface area contributed by atoms with E-state index in [1.165, 1.54) is 0 Å². The quantitative estimate of drug-likeness (QED) is 0.493. The number of hydrogen-bond donors (Lipinski definition) is 3. The average Bonchev–Trinajstić information content (AvgIpc) is 1.85. The minimum atomic E-state index is -0.413. The fraction of sp³-hybridized carbons (Fsp3) is 0.857. The van der Waals surface area contributed by atoms with Crippen molar-refractivity contribution in [2.75, 3.05) is 6.54 Å². The third-order valence-electron chi connectivity index (χ3n) is 1.97. The van der Waals surface area contributed by atoms with Crippen LogP contribution in [0.5, 0.6) is 0 Å². The molecule has 1 rings (SSSR count). The first-order valence-corrected chi connectivity index (χ1v) is 3.98. The predicted octanol–water partition coefficient (Wildman–Crippen LogP) is -0.205. The van der Waals surface area contributed by atoms with Gasteiger partial charge in [0, 0.05) is 12.1 Å². The normalized spacial score (nSPS) is 31.4. The van der Waals surface area contributed by atoms with Crippen LogP contribution in [0.15, 0.2) is 0 Å². The highest BCUT2D eigenvalue weighted by Gasteiger charge is 2.18. The lowest BCUT2D eigenvalue weighted by Gasteiger charge is -2.27. The molecule has 4 heteroatoms. The van der Waals surface area contributed by atoms with Crippen molar-refractivity contribution in [2.45, 2.75) is 31.8 Å². The van der Waals surface area contributed by atoms with Gasteiger partial charge in [-0.2, -0.15) is 0 Å². The Balaban J connectivity index is 2.28. The van der Waals surface area contributed by atoms with E-state index in [1.807, 2.05) is 0 Å². The van der Waals surface area contributed by atoms with Crippen LogP contribution in [0.2, 0.25) is 0 Å². The van der Waals surface area contributed by atoms with Crippen molar-refractivity contribution in [3.8, 4) is 0 Å². The van der Waals surface area contributed by atoms with Crippen molar-refractivity contribution in [3.63, 3.8) is 0 Å². The molecule has 64 valence electrons. The van der Waals surface area contributed by atoms with Gasteiger partial charge >= 0.3 is 6.03 Å². The number of carbonyl (C=O) groups excluding carboxylic acids is 1. The van der Waals surface area contributed by atoms with E-state index in [9.17, 15) is 4.79 Å². The van der Waals surface area contributed by atoms with Gasteiger partial charge < -0.3 is 16.4 Å². The molecule has 0 aromatic carbocycles. The largest absolute Gasteiger partial charge is 0.352 e. The zero-order valence-corrected chi connectivity index (χ0v) is 6.76. The number of rotatable bonds is 1. The van der Waals surface area contributed by atoms with Crippen LogP contribution in [0.1, 0.15) is 19.8 Å². The van der Waals surface area contributed by atoms with Crippen molar-refractivity contribution in [1.29, 1.82) is 0 Å². The van der Waals surface area contributed by atoms with Crippen LogP contribution in [-0.2, 0) is 0 Å². The molecule has 2 atom stereocenters. The van der Waals surface area contributed by atoms with Crippen molar-refractivity contribution in [2.24, 2.45) is 5.73 Å². The molecule has 1 aliphatic rings. The lowest BCUT2D eigenvalue weighted by Crippen LogP contribution is -2.48. The molecule has 0 spiro atoms. The monoisotopic (exact) mass is 157 g/mol. The molecule has 0 aliphatic carbocycles. The van der Waals surface area contributed by atoms with Gasteiger partial charge in [0.2, 0.25) is 0 Å². The number of amides is 2. The van der Waals surface area contributed by atoms with Crippen molar-refractivity contribution in [3.05, 3.63) is 0 Å². The van der Waals surface area contributed by atoms with E-state index >= 15 is 0 Å². The summed E-state index contributed by atoms with van der Waals surface area (Å²) in [5.74, 6) is 0. The van der Waals surface area contributed by atoms with E-state index in [2.05, 4.69) is 17.6 Å². The molecule has 0 aromatic heterocycles. The minimum Gasteiger partial charge on any atom is -0.352 e. The summed E-state index contributed by atoms with van der Waals surface area (Å²) in [6, 6.07) is 0.341. The summed E-state index contributed by atoms with van der Waals surface area (Å²) >= 11 is 0. The predicted molar refractivity (Wildman–Crippen MR) is 43.2 cm³/mol. The zero-order valence-electron chi connectivity index (χ0n) is 6.76. The lowest BCUT2D eigenvalue weighted by atomic mass is 10.0. The Morgan fingerprint density at radius 3 is 3.00 bits per heavy atom. The summed E-state index contributed by atoms with van der Waals surface area (Å²) in [7, 11) is 0. The number of nitrogens with one attached hydrogen (secondary N) is 2. The second kappa shape index (κ2) is 3.57. The first-order chi connectivity index (χ1) is 5.18. The SMILES string of the molecule is C[C@@H]1C[C@H](NC(N)=O)CCN1. The summed E-state index contributed by atoms with van der Waals surface area (Å²) < 4.78 is 0. The number of nitrogens with two attached hydrogens (primary N) is 1. The molecule has 0 unspecified atom stereocenters. The number of piperidine rings is 1. The third kappa shape index (κ3) is 2.76. The molecule has 2 amide bonds. The first kappa shape index (κ1) is 8.33. The van der Waals surface area contributed by atoms with Gasteiger partial charge in [-0.1, -0.05) is 0 Å². The third-order valence-corrected chi connectivity index (χ3v) is 1.97. The van der Waals surface area contributed by atoms with Gasteiger partial charge in [0.05, 0.1) is 0 Å². The van der Waals surface area contributed by atoms with Gasteiger partial charge in [-0.15, -0.1) is 0 Å². The van der Waals surface area contributed by atoms with Crippen LogP contribution >= 0.6 is 0 Å². The molecule has 1 fully saturated rings. The fourth-order valence-corrected chi connectivity index (χ4v) is 1.46. The molecule has 0 aromatic rings. The molecule has 4 nitrogen and oxygen atoms in total. The Bertz CT molecular complexity index is 149. The van der Waals surface area contributed by atoms with Gasteiger partial charge in [-0.05, 0) is 26.3 Å². The minimum absolute atomic E-state index is 0.267. The second-order valence-corrected chi connectivity index (χ2v) is 3.09. The Morgan fingerprint density at radius 1 is 1.73 bits per heavy atom. The molecule has 1 heterocycles. The summed E-state index contributed by atoms with van der Waals surface area (Å²) in [6.45, 7) is 3.07.